The number of rotatable bonds is 0. The van der Waals surface area contributed by atoms with Crippen LogP contribution in [0.25, 0.3) is 0 Å². The molecule has 0 aromatic heterocycles. The Morgan fingerprint density at radius 2 is 1.00 bits per heavy atom. The molecule has 16 valence electrons. The molecular weight excluding hydrogens is 93.0 g/mol. The Morgan fingerprint density at radius 3 is 1.00 bits per heavy atom. The van der Waals surface area contributed by atoms with Crippen molar-refractivity contribution in [2.75, 3.05) is 0 Å². The van der Waals surface area contributed by atoms with Gasteiger partial charge in [0.1, 0.15) is 9.12 Å². The summed E-state index contributed by atoms with van der Waals surface area (Å²) in [6.45, 7) is 0. The van der Waals surface area contributed by atoms with E-state index in [0.29, 0.717) is 0 Å². The summed E-state index contributed by atoms with van der Waals surface area (Å²) in [5.74, 6) is 0. The first-order chi connectivity index (χ1) is 1.00. The zero-order valence-electron chi connectivity index (χ0n) is 0.908. The molecule has 0 aromatic carbocycles. The third kappa shape index (κ3) is 8.93. The van der Waals surface area contributed by atoms with Crippen LogP contribution in [-0.2, 0) is 4.57 Å². The quantitative estimate of drug-likeness (QED) is 0.284. The summed E-state index contributed by atoms with van der Waals surface area (Å²) in [6.07, 6.45) is 0. The molecule has 0 rings (SSSR count). The van der Waals surface area contributed by atoms with Crippen molar-refractivity contribution in [3.63, 3.8) is 0 Å². The zero-order chi connectivity index (χ0) is 2.00. The van der Waals surface area contributed by atoms with E-state index in [9.17, 15) is 0 Å². The van der Waals surface area contributed by atoms with Crippen LogP contribution in [0.5, 0.6) is 0 Å². The molecule has 0 saturated carbocycles. The van der Waals surface area contributed by atoms with E-state index in [4.69, 9.17) is 4.57 Å². The molecule has 0 aromatic rings. The van der Waals surface area contributed by atoms with Crippen molar-refractivity contribution in [3.05, 3.63) is 0 Å². The van der Waals surface area contributed by atoms with Crippen LogP contribution in [0.3, 0.4) is 0 Å². The first kappa shape index (κ1) is 16.5. The van der Waals surface area contributed by atoms with Crippen LogP contribution < -0.4 is 0 Å². The summed E-state index contributed by atoms with van der Waals surface area (Å²) in [6, 6.07) is 0. The zero-order valence-corrected chi connectivity index (χ0v) is 1.91. The van der Waals surface area contributed by atoms with Gasteiger partial charge >= 0.3 is 59.1 Å². The van der Waals surface area contributed by atoms with Gasteiger partial charge in [0.05, 0.1) is 0 Å². The monoisotopic (exact) mass is 96.0 g/mol. The molecule has 0 heterocycles. The van der Waals surface area contributed by atoms with E-state index in [1.165, 1.54) is 0 Å². The Bertz CT molecular complexity index is 6.00. The maximum atomic E-state index is 8.06. The SMILES string of the molecule is O=P.[NaH].[NaH]. The molecule has 0 N–H and O–H groups in total. The van der Waals surface area contributed by atoms with E-state index in [-0.39, 0.29) is 59.1 Å². The average Bonchev–Trinajstić information content (AvgIpc) is 1.00. The molecule has 0 spiro atoms. The number of hydrogen-bond acceptors (Lipinski definition) is 1. The second-order valence-corrected chi connectivity index (χ2v) is 0. The average molecular weight is 96.0 g/mol. The summed E-state index contributed by atoms with van der Waals surface area (Å²) >= 11 is 0. The Hall–Kier alpha value is 2.10. The fourth-order valence-corrected chi connectivity index (χ4v) is 0. The van der Waals surface area contributed by atoms with Gasteiger partial charge in [0.25, 0.3) is 0 Å². The fourth-order valence-electron chi connectivity index (χ4n) is 0. The molecule has 0 saturated heterocycles. The molecule has 0 amide bonds. The summed E-state index contributed by atoms with van der Waals surface area (Å²) in [4.78, 5) is 0. The molecule has 4 heavy (non-hydrogen) atoms. The van der Waals surface area contributed by atoms with Gasteiger partial charge in [0.2, 0.25) is 0 Å². The van der Waals surface area contributed by atoms with Crippen LogP contribution in [-0.4, -0.2) is 59.1 Å². The summed E-state index contributed by atoms with van der Waals surface area (Å²) in [7, 11) is 1.72. The molecule has 0 aliphatic rings. The van der Waals surface area contributed by atoms with Crippen molar-refractivity contribution in [1.82, 2.24) is 0 Å². The first-order valence-electron chi connectivity index (χ1n) is 0.204. The van der Waals surface area contributed by atoms with Crippen molar-refractivity contribution in [2.24, 2.45) is 0 Å². The molecule has 1 nitrogen and oxygen atoms in total. The van der Waals surface area contributed by atoms with Crippen molar-refractivity contribution in [1.29, 1.82) is 0 Å². The van der Waals surface area contributed by atoms with E-state index in [2.05, 4.69) is 0 Å². The van der Waals surface area contributed by atoms with E-state index in [1.807, 2.05) is 0 Å². The Morgan fingerprint density at radius 1 is 1.00 bits per heavy atom. The van der Waals surface area contributed by atoms with Gasteiger partial charge in [-0.1, -0.05) is 0 Å². The first-order valence-corrected chi connectivity index (χ1v) is 0.612. The van der Waals surface area contributed by atoms with Gasteiger partial charge in [-0.2, -0.15) is 0 Å². The van der Waals surface area contributed by atoms with E-state index >= 15 is 0 Å². The summed E-state index contributed by atoms with van der Waals surface area (Å²) in [5.41, 5.74) is 0. The fraction of sp³-hybridized carbons (Fsp3) is 0. The number of hydrogen-bond donors (Lipinski definition) is 0. The van der Waals surface area contributed by atoms with Crippen LogP contribution in [0.4, 0.5) is 0 Å². The molecule has 0 aliphatic heterocycles. The molecule has 0 atom stereocenters. The van der Waals surface area contributed by atoms with Gasteiger partial charge < -0.3 is 0 Å². The predicted molar refractivity (Wildman–Crippen MR) is 23.3 cm³/mol. The third-order valence-electron chi connectivity index (χ3n) is 0. The van der Waals surface area contributed by atoms with Crippen LogP contribution in [0.2, 0.25) is 0 Å². The van der Waals surface area contributed by atoms with Crippen LogP contribution >= 0.6 is 9.12 Å². The summed E-state index contributed by atoms with van der Waals surface area (Å²) < 4.78 is 8.06. The maximum absolute atomic E-state index is 8.06. The minimum atomic E-state index is 0. The predicted octanol–water partition coefficient (Wildman–Crippen LogP) is -0.822. The molecular formula is H3Na2OP. The van der Waals surface area contributed by atoms with Gasteiger partial charge in [0, 0.05) is 0 Å². The summed E-state index contributed by atoms with van der Waals surface area (Å²) in [5, 5.41) is 0. The topological polar surface area (TPSA) is 17.1 Å². The van der Waals surface area contributed by atoms with Gasteiger partial charge in [-0.25, -0.2) is 0 Å². The minimum absolute atomic E-state index is 0. The van der Waals surface area contributed by atoms with Crippen molar-refractivity contribution < 1.29 is 4.57 Å². The van der Waals surface area contributed by atoms with Gasteiger partial charge in [-0.05, 0) is 0 Å². The Labute approximate surface area is 71.7 Å². The molecule has 0 bridgehead atoms. The van der Waals surface area contributed by atoms with E-state index in [1.54, 1.807) is 9.12 Å². The standard InChI is InChI=1S/2Na.HOP.2H/c;;1-2;;/h;;2H;;. The Balaban J connectivity index is -0.00000000500. The normalized spacial score (nSPS) is 1.00. The van der Waals surface area contributed by atoms with Crippen LogP contribution in [0, 0.1) is 0 Å². The van der Waals surface area contributed by atoms with Crippen LogP contribution in [0.15, 0.2) is 0 Å². The van der Waals surface area contributed by atoms with Gasteiger partial charge in [-0.3, -0.25) is 4.57 Å². The van der Waals surface area contributed by atoms with Crippen molar-refractivity contribution in [2.45, 2.75) is 0 Å². The Kier molecular flexibility index (Phi) is 80.2. The molecule has 0 aliphatic carbocycles. The van der Waals surface area contributed by atoms with Gasteiger partial charge in [0.15, 0.2) is 0 Å². The van der Waals surface area contributed by atoms with Gasteiger partial charge in [-0.15, -0.1) is 0 Å². The molecule has 0 unspecified atom stereocenters. The third-order valence-corrected chi connectivity index (χ3v) is 0. The molecule has 0 radical (unpaired) electrons. The van der Waals surface area contributed by atoms with E-state index in [0.717, 1.165) is 0 Å². The molecule has 0 fully saturated rings. The second kappa shape index (κ2) is 19.4. The van der Waals surface area contributed by atoms with Crippen molar-refractivity contribution >= 4 is 68.2 Å². The van der Waals surface area contributed by atoms with Crippen LogP contribution in [0.1, 0.15) is 0 Å². The van der Waals surface area contributed by atoms with Crippen molar-refractivity contribution in [3.8, 4) is 0 Å². The van der Waals surface area contributed by atoms with E-state index < -0.39 is 0 Å². The molecule has 4 heteroatoms. The second-order valence-electron chi connectivity index (χ2n) is 0.